The summed E-state index contributed by atoms with van der Waals surface area (Å²) < 4.78 is 17.0. The number of carbonyl (C=O) groups is 2. The Balaban J connectivity index is 2.66. The van der Waals surface area contributed by atoms with Crippen LogP contribution in [0.3, 0.4) is 0 Å². The van der Waals surface area contributed by atoms with Gasteiger partial charge in [0.15, 0.2) is 0 Å². The zero-order valence-corrected chi connectivity index (χ0v) is 15.9. The largest absolute Gasteiger partial charge is 0.462 e. The molecule has 0 bridgehead atoms. The lowest BCUT2D eigenvalue weighted by Gasteiger charge is -2.38. The van der Waals surface area contributed by atoms with Crippen molar-refractivity contribution in [2.75, 3.05) is 0 Å². The van der Waals surface area contributed by atoms with Crippen molar-refractivity contribution in [1.29, 1.82) is 0 Å². The quantitative estimate of drug-likeness (QED) is 0.468. The summed E-state index contributed by atoms with van der Waals surface area (Å²) in [6.45, 7) is 9.14. The van der Waals surface area contributed by atoms with E-state index in [-0.39, 0.29) is 42.3 Å². The van der Waals surface area contributed by atoms with Crippen LogP contribution >= 0.6 is 0 Å². The van der Waals surface area contributed by atoms with Crippen molar-refractivity contribution in [3.8, 4) is 0 Å². The SMILES string of the molecule is CCCCCC[C@@H](OC(C)=O)[C@@H](C)[C@H]1C[C@@H](OC(C)=O)C[C@@H](C)O1. The van der Waals surface area contributed by atoms with Gasteiger partial charge in [-0.3, -0.25) is 9.59 Å². The highest BCUT2D eigenvalue weighted by atomic mass is 16.6. The molecule has 0 aliphatic carbocycles. The van der Waals surface area contributed by atoms with Gasteiger partial charge in [0.2, 0.25) is 0 Å². The molecule has 0 N–H and O–H groups in total. The summed E-state index contributed by atoms with van der Waals surface area (Å²) in [4.78, 5) is 22.7. The predicted octanol–water partition coefficient (Wildman–Crippen LogP) is 4.02. The van der Waals surface area contributed by atoms with Gasteiger partial charge in [0.05, 0.1) is 12.2 Å². The van der Waals surface area contributed by atoms with Crippen LogP contribution in [0.25, 0.3) is 0 Å². The molecule has 0 spiro atoms. The van der Waals surface area contributed by atoms with E-state index >= 15 is 0 Å². The van der Waals surface area contributed by atoms with Gasteiger partial charge >= 0.3 is 11.9 Å². The van der Waals surface area contributed by atoms with E-state index in [4.69, 9.17) is 14.2 Å². The first kappa shape index (κ1) is 20.9. The number of rotatable bonds is 9. The highest BCUT2D eigenvalue weighted by Gasteiger charge is 2.36. The van der Waals surface area contributed by atoms with Crippen molar-refractivity contribution in [2.24, 2.45) is 5.92 Å². The second kappa shape index (κ2) is 10.7. The summed E-state index contributed by atoms with van der Waals surface area (Å²) in [7, 11) is 0. The molecule has 5 heteroatoms. The highest BCUT2D eigenvalue weighted by molar-refractivity contribution is 5.66. The van der Waals surface area contributed by atoms with Gasteiger partial charge in [0.25, 0.3) is 0 Å². The molecule has 1 aliphatic heterocycles. The topological polar surface area (TPSA) is 61.8 Å². The molecule has 1 rings (SSSR count). The average Bonchev–Trinajstić information content (AvgIpc) is 2.48. The summed E-state index contributed by atoms with van der Waals surface area (Å²) >= 11 is 0. The van der Waals surface area contributed by atoms with E-state index in [2.05, 4.69) is 13.8 Å². The minimum Gasteiger partial charge on any atom is -0.462 e. The molecule has 5 atom stereocenters. The van der Waals surface area contributed by atoms with E-state index in [9.17, 15) is 9.59 Å². The maximum absolute atomic E-state index is 11.5. The van der Waals surface area contributed by atoms with Gasteiger partial charge in [0, 0.05) is 32.6 Å². The number of hydrogen-bond acceptors (Lipinski definition) is 5. The molecule has 0 aromatic carbocycles. The van der Waals surface area contributed by atoms with Gasteiger partial charge in [-0.1, -0.05) is 33.1 Å². The Morgan fingerprint density at radius 3 is 2.42 bits per heavy atom. The first-order valence-electron chi connectivity index (χ1n) is 9.33. The Morgan fingerprint density at radius 1 is 1.12 bits per heavy atom. The molecular formula is C19H34O5. The van der Waals surface area contributed by atoms with Crippen molar-refractivity contribution in [3.63, 3.8) is 0 Å². The molecule has 0 amide bonds. The van der Waals surface area contributed by atoms with Crippen LogP contribution in [0.15, 0.2) is 0 Å². The third kappa shape index (κ3) is 7.65. The van der Waals surface area contributed by atoms with Crippen LogP contribution in [-0.2, 0) is 23.8 Å². The van der Waals surface area contributed by atoms with E-state index in [1.807, 2.05) is 6.92 Å². The van der Waals surface area contributed by atoms with Crippen molar-refractivity contribution in [1.82, 2.24) is 0 Å². The number of hydrogen-bond donors (Lipinski definition) is 0. The van der Waals surface area contributed by atoms with Crippen LogP contribution in [-0.4, -0.2) is 36.4 Å². The predicted molar refractivity (Wildman–Crippen MR) is 92.6 cm³/mol. The molecule has 0 saturated carbocycles. The second-order valence-electron chi connectivity index (χ2n) is 7.04. The lowest BCUT2D eigenvalue weighted by Crippen LogP contribution is -2.43. The molecule has 5 nitrogen and oxygen atoms in total. The van der Waals surface area contributed by atoms with Crippen LogP contribution in [0.5, 0.6) is 0 Å². The van der Waals surface area contributed by atoms with E-state index in [1.54, 1.807) is 0 Å². The minimum absolute atomic E-state index is 0.0358. The number of esters is 2. The fourth-order valence-corrected chi connectivity index (χ4v) is 3.46. The molecule has 0 unspecified atom stereocenters. The van der Waals surface area contributed by atoms with Crippen LogP contribution in [0.1, 0.15) is 79.6 Å². The van der Waals surface area contributed by atoms with E-state index < -0.39 is 0 Å². The molecule has 1 heterocycles. The molecule has 1 saturated heterocycles. The number of carbonyl (C=O) groups excluding carboxylic acids is 2. The smallest absolute Gasteiger partial charge is 0.302 e. The van der Waals surface area contributed by atoms with E-state index in [0.717, 1.165) is 25.7 Å². The summed E-state index contributed by atoms with van der Waals surface area (Å²) in [5.41, 5.74) is 0. The van der Waals surface area contributed by atoms with Gasteiger partial charge in [0.1, 0.15) is 12.2 Å². The van der Waals surface area contributed by atoms with Crippen LogP contribution in [0.2, 0.25) is 0 Å². The van der Waals surface area contributed by atoms with Gasteiger partial charge in [-0.15, -0.1) is 0 Å². The minimum atomic E-state index is -0.253. The summed E-state index contributed by atoms with van der Waals surface area (Å²) in [5, 5.41) is 0. The fraction of sp³-hybridized carbons (Fsp3) is 0.895. The normalized spacial score (nSPS) is 26.5. The van der Waals surface area contributed by atoms with Gasteiger partial charge in [-0.05, 0) is 19.8 Å². The van der Waals surface area contributed by atoms with Crippen molar-refractivity contribution >= 4 is 11.9 Å². The average molecular weight is 342 g/mol. The Kier molecular flexibility index (Phi) is 9.34. The monoisotopic (exact) mass is 342 g/mol. The molecular weight excluding hydrogens is 308 g/mol. The standard InChI is InChI=1S/C19H34O5/c1-6-7-8-9-10-18(24-16(5)21)14(3)19-12-17(23-15(4)20)11-13(2)22-19/h13-14,17-19H,6-12H2,1-5H3/t13-,14-,17+,18-,19-/m1/s1. The Morgan fingerprint density at radius 2 is 1.83 bits per heavy atom. The van der Waals surface area contributed by atoms with Crippen molar-refractivity contribution < 1.29 is 23.8 Å². The Bertz CT molecular complexity index is 395. The lowest BCUT2D eigenvalue weighted by atomic mass is 9.87. The number of unbranched alkanes of at least 4 members (excludes halogenated alkanes) is 3. The van der Waals surface area contributed by atoms with Gasteiger partial charge < -0.3 is 14.2 Å². The number of ether oxygens (including phenoxy) is 3. The zero-order chi connectivity index (χ0) is 18.1. The first-order chi connectivity index (χ1) is 11.3. The fourth-order valence-electron chi connectivity index (χ4n) is 3.46. The molecule has 1 fully saturated rings. The second-order valence-corrected chi connectivity index (χ2v) is 7.04. The maximum Gasteiger partial charge on any atom is 0.302 e. The van der Waals surface area contributed by atoms with Gasteiger partial charge in [-0.2, -0.15) is 0 Å². The molecule has 1 aliphatic rings. The Hall–Kier alpha value is -1.10. The van der Waals surface area contributed by atoms with Crippen molar-refractivity contribution in [2.45, 2.75) is 104 Å². The summed E-state index contributed by atoms with van der Waals surface area (Å²) in [6, 6.07) is 0. The molecule has 0 radical (unpaired) electrons. The third-order valence-electron chi connectivity index (χ3n) is 4.66. The molecule has 0 aromatic rings. The maximum atomic E-state index is 11.5. The first-order valence-corrected chi connectivity index (χ1v) is 9.33. The van der Waals surface area contributed by atoms with Crippen LogP contribution in [0.4, 0.5) is 0 Å². The molecule has 140 valence electrons. The molecule has 24 heavy (non-hydrogen) atoms. The van der Waals surface area contributed by atoms with E-state index in [1.165, 1.54) is 26.7 Å². The summed E-state index contributed by atoms with van der Waals surface area (Å²) in [6.07, 6.45) is 6.54. The third-order valence-corrected chi connectivity index (χ3v) is 4.66. The van der Waals surface area contributed by atoms with Crippen molar-refractivity contribution in [3.05, 3.63) is 0 Å². The Labute approximate surface area is 146 Å². The lowest BCUT2D eigenvalue weighted by molar-refractivity contribution is -0.170. The summed E-state index contributed by atoms with van der Waals surface area (Å²) in [5.74, 6) is -0.421. The molecule has 0 aromatic heterocycles. The van der Waals surface area contributed by atoms with Gasteiger partial charge in [-0.25, -0.2) is 0 Å². The van der Waals surface area contributed by atoms with E-state index in [0.29, 0.717) is 6.42 Å². The van der Waals surface area contributed by atoms with Crippen LogP contribution < -0.4 is 0 Å². The van der Waals surface area contributed by atoms with Crippen LogP contribution in [0, 0.1) is 5.92 Å². The highest BCUT2D eigenvalue weighted by Crippen LogP contribution is 2.30. The zero-order valence-electron chi connectivity index (χ0n) is 15.9.